The highest BCUT2D eigenvalue weighted by Crippen LogP contribution is 2.05. The van der Waals surface area contributed by atoms with Gasteiger partial charge in [-0.3, -0.25) is 9.59 Å². The zero-order valence-electron chi connectivity index (χ0n) is 14.1. The fraction of sp³-hybridized carbons (Fsp3) is 0.867. The van der Waals surface area contributed by atoms with Gasteiger partial charge in [0, 0.05) is 0 Å². The second-order valence-corrected chi connectivity index (χ2v) is 5.75. The van der Waals surface area contributed by atoms with E-state index in [9.17, 15) is 9.59 Å². The highest BCUT2D eigenvalue weighted by atomic mass is 16.5. The fourth-order valence-electron chi connectivity index (χ4n) is 2.04. The fourth-order valence-corrected chi connectivity index (χ4v) is 2.04. The third-order valence-corrected chi connectivity index (χ3v) is 3.33. The van der Waals surface area contributed by atoms with Crippen LogP contribution in [-0.4, -0.2) is 51.3 Å². The summed E-state index contributed by atoms with van der Waals surface area (Å²) in [5, 5.41) is 6.37. The zero-order chi connectivity index (χ0) is 16.4. The average molecular weight is 302 g/mol. The molecule has 0 spiro atoms. The van der Waals surface area contributed by atoms with E-state index in [0.717, 1.165) is 6.42 Å². The molecular weight excluding hydrogens is 272 g/mol. The number of carbonyl (C=O) groups excluding carboxylic acids is 2. The molecule has 0 aliphatic carbocycles. The molecule has 0 amide bonds. The molecule has 0 rings (SSSR count). The van der Waals surface area contributed by atoms with Crippen molar-refractivity contribution in [3.8, 4) is 0 Å². The summed E-state index contributed by atoms with van der Waals surface area (Å²) in [7, 11) is 2.79. The number of rotatable bonds is 10. The SMILES string of the molecule is COC(=O)C(NCCCNC(C(=O)OC)C(C)C)C(C)C. The lowest BCUT2D eigenvalue weighted by Gasteiger charge is -2.21. The summed E-state index contributed by atoms with van der Waals surface area (Å²) in [6.45, 7) is 9.24. The van der Waals surface area contributed by atoms with Crippen molar-refractivity contribution in [2.24, 2.45) is 11.8 Å². The number of methoxy groups -OCH3 is 2. The third kappa shape index (κ3) is 7.43. The predicted octanol–water partition coefficient (Wildman–Crippen LogP) is 0.951. The first-order valence-electron chi connectivity index (χ1n) is 7.47. The average Bonchev–Trinajstić information content (AvgIpc) is 2.44. The van der Waals surface area contributed by atoms with Crippen LogP contribution >= 0.6 is 0 Å². The molecule has 124 valence electrons. The monoisotopic (exact) mass is 302 g/mol. The van der Waals surface area contributed by atoms with Gasteiger partial charge in [0.05, 0.1) is 14.2 Å². The molecule has 0 aromatic heterocycles. The van der Waals surface area contributed by atoms with Gasteiger partial charge < -0.3 is 20.1 Å². The summed E-state index contributed by atoms with van der Waals surface area (Å²) in [4.78, 5) is 23.2. The van der Waals surface area contributed by atoms with Gasteiger partial charge in [0.2, 0.25) is 0 Å². The first-order valence-corrected chi connectivity index (χ1v) is 7.47. The van der Waals surface area contributed by atoms with Crippen LogP contribution in [0.1, 0.15) is 34.1 Å². The Morgan fingerprint density at radius 2 is 1.14 bits per heavy atom. The molecule has 0 heterocycles. The maximum atomic E-state index is 11.6. The minimum absolute atomic E-state index is 0.170. The Balaban J connectivity index is 4.08. The van der Waals surface area contributed by atoms with E-state index in [4.69, 9.17) is 9.47 Å². The van der Waals surface area contributed by atoms with E-state index in [2.05, 4.69) is 10.6 Å². The van der Waals surface area contributed by atoms with Crippen LogP contribution in [0.25, 0.3) is 0 Å². The molecule has 0 radical (unpaired) electrons. The van der Waals surface area contributed by atoms with E-state index < -0.39 is 0 Å². The van der Waals surface area contributed by atoms with Crippen molar-refractivity contribution in [2.45, 2.75) is 46.2 Å². The van der Waals surface area contributed by atoms with Crippen LogP contribution in [0.2, 0.25) is 0 Å². The van der Waals surface area contributed by atoms with Crippen LogP contribution in [0.3, 0.4) is 0 Å². The van der Waals surface area contributed by atoms with Crippen LogP contribution in [0, 0.1) is 11.8 Å². The van der Waals surface area contributed by atoms with Gasteiger partial charge in [-0.1, -0.05) is 27.7 Å². The van der Waals surface area contributed by atoms with Gasteiger partial charge in [-0.15, -0.1) is 0 Å². The largest absolute Gasteiger partial charge is 0.468 e. The summed E-state index contributed by atoms with van der Waals surface area (Å²) >= 11 is 0. The number of hydrogen-bond donors (Lipinski definition) is 2. The first-order chi connectivity index (χ1) is 9.84. The van der Waals surface area contributed by atoms with Crippen LogP contribution in [0.4, 0.5) is 0 Å². The van der Waals surface area contributed by atoms with Crippen molar-refractivity contribution in [2.75, 3.05) is 27.3 Å². The lowest BCUT2D eigenvalue weighted by atomic mass is 10.0. The van der Waals surface area contributed by atoms with E-state index in [1.165, 1.54) is 14.2 Å². The van der Waals surface area contributed by atoms with E-state index in [0.29, 0.717) is 13.1 Å². The summed E-state index contributed by atoms with van der Waals surface area (Å²) in [6, 6.07) is -0.590. The minimum Gasteiger partial charge on any atom is -0.468 e. The second kappa shape index (κ2) is 10.6. The second-order valence-electron chi connectivity index (χ2n) is 5.75. The van der Waals surface area contributed by atoms with E-state index >= 15 is 0 Å². The number of nitrogens with one attached hydrogen (secondary N) is 2. The Morgan fingerprint density at radius 1 is 0.810 bits per heavy atom. The van der Waals surface area contributed by atoms with Gasteiger partial charge >= 0.3 is 11.9 Å². The Kier molecular flexibility index (Phi) is 9.99. The lowest BCUT2D eigenvalue weighted by Crippen LogP contribution is -2.45. The highest BCUT2D eigenvalue weighted by molar-refractivity contribution is 5.76. The molecule has 0 aromatic carbocycles. The predicted molar refractivity (Wildman–Crippen MR) is 81.9 cm³/mol. The highest BCUT2D eigenvalue weighted by Gasteiger charge is 2.23. The summed E-state index contributed by atoms with van der Waals surface area (Å²) in [6.07, 6.45) is 0.806. The molecular formula is C15H30N2O4. The van der Waals surface area contributed by atoms with Gasteiger partial charge in [0.25, 0.3) is 0 Å². The number of hydrogen-bond acceptors (Lipinski definition) is 6. The Labute approximate surface area is 127 Å². The normalized spacial score (nSPS) is 14.1. The first kappa shape index (κ1) is 19.9. The molecule has 0 aliphatic heterocycles. The van der Waals surface area contributed by atoms with Crippen molar-refractivity contribution < 1.29 is 19.1 Å². The van der Waals surface area contributed by atoms with Gasteiger partial charge in [0.15, 0.2) is 0 Å². The van der Waals surface area contributed by atoms with Crippen molar-refractivity contribution in [3.05, 3.63) is 0 Å². The summed E-state index contributed by atoms with van der Waals surface area (Å²) in [5.74, 6) is -0.145. The Morgan fingerprint density at radius 3 is 1.38 bits per heavy atom. The molecule has 0 saturated carbocycles. The minimum atomic E-state index is -0.295. The molecule has 6 heteroatoms. The quantitative estimate of drug-likeness (QED) is 0.462. The zero-order valence-corrected chi connectivity index (χ0v) is 14.1. The smallest absolute Gasteiger partial charge is 0.323 e. The van der Waals surface area contributed by atoms with Crippen LogP contribution in [0.5, 0.6) is 0 Å². The van der Waals surface area contributed by atoms with Crippen molar-refractivity contribution in [1.29, 1.82) is 0 Å². The van der Waals surface area contributed by atoms with Crippen molar-refractivity contribution >= 4 is 11.9 Å². The molecule has 0 saturated heterocycles. The molecule has 2 N–H and O–H groups in total. The number of esters is 2. The Bertz CT molecular complexity index is 289. The molecule has 21 heavy (non-hydrogen) atoms. The maximum absolute atomic E-state index is 11.6. The Hall–Kier alpha value is -1.14. The van der Waals surface area contributed by atoms with Gasteiger partial charge in [-0.2, -0.15) is 0 Å². The van der Waals surface area contributed by atoms with Crippen molar-refractivity contribution in [1.82, 2.24) is 10.6 Å². The van der Waals surface area contributed by atoms with E-state index in [1.807, 2.05) is 27.7 Å². The van der Waals surface area contributed by atoms with E-state index in [-0.39, 0.29) is 35.9 Å². The lowest BCUT2D eigenvalue weighted by molar-refractivity contribution is -0.145. The topological polar surface area (TPSA) is 76.7 Å². The van der Waals surface area contributed by atoms with Crippen LogP contribution in [-0.2, 0) is 19.1 Å². The molecule has 0 fully saturated rings. The van der Waals surface area contributed by atoms with E-state index in [1.54, 1.807) is 0 Å². The molecule has 2 unspecified atom stereocenters. The van der Waals surface area contributed by atoms with Crippen LogP contribution in [0.15, 0.2) is 0 Å². The third-order valence-electron chi connectivity index (χ3n) is 3.33. The number of carbonyl (C=O) groups is 2. The van der Waals surface area contributed by atoms with Gasteiger partial charge in [-0.25, -0.2) is 0 Å². The van der Waals surface area contributed by atoms with Gasteiger partial charge in [-0.05, 0) is 31.3 Å². The number of ether oxygens (including phenoxy) is 2. The van der Waals surface area contributed by atoms with Crippen molar-refractivity contribution in [3.63, 3.8) is 0 Å². The molecule has 0 aromatic rings. The summed E-state index contributed by atoms with van der Waals surface area (Å²) < 4.78 is 9.54. The molecule has 2 atom stereocenters. The molecule has 0 bridgehead atoms. The molecule has 6 nitrogen and oxygen atoms in total. The standard InChI is InChI=1S/C15H30N2O4/c1-10(2)12(14(18)20-5)16-8-7-9-17-13(11(3)4)15(19)21-6/h10-13,16-17H,7-9H2,1-6H3. The molecule has 0 aliphatic rings. The maximum Gasteiger partial charge on any atom is 0.323 e. The van der Waals surface area contributed by atoms with Gasteiger partial charge in [0.1, 0.15) is 12.1 Å². The van der Waals surface area contributed by atoms with Crippen LogP contribution < -0.4 is 10.6 Å². The summed E-state index contributed by atoms with van der Waals surface area (Å²) in [5.41, 5.74) is 0.